The highest BCUT2D eigenvalue weighted by Gasteiger charge is 2.18. The molecule has 0 bridgehead atoms. The Balaban J connectivity index is 1.48. The number of fused-ring (bicyclic) bond motifs is 3. The summed E-state index contributed by atoms with van der Waals surface area (Å²) in [4.78, 5) is 0. The summed E-state index contributed by atoms with van der Waals surface area (Å²) in [6, 6.07) is 42.3. The highest BCUT2D eigenvalue weighted by Crippen LogP contribution is 2.42. The van der Waals surface area contributed by atoms with Crippen molar-refractivity contribution in [3.8, 4) is 16.8 Å². The number of aromatic nitrogens is 1. The summed E-state index contributed by atoms with van der Waals surface area (Å²) in [5, 5.41) is 7.97. The quantitative estimate of drug-likeness (QED) is 0.232. The molecular formula is C32H19NS. The van der Waals surface area contributed by atoms with E-state index in [9.17, 15) is 0 Å². The first-order valence-electron chi connectivity index (χ1n) is 11.6. The molecule has 158 valence electrons. The van der Waals surface area contributed by atoms with Gasteiger partial charge >= 0.3 is 0 Å². The van der Waals surface area contributed by atoms with E-state index in [1.807, 2.05) is 11.3 Å². The normalized spacial score (nSPS) is 12.1. The first-order chi connectivity index (χ1) is 16.8. The van der Waals surface area contributed by atoms with E-state index in [-0.39, 0.29) is 0 Å². The summed E-state index contributed by atoms with van der Waals surface area (Å²) in [5.74, 6) is 0. The molecule has 0 saturated carbocycles. The van der Waals surface area contributed by atoms with Crippen LogP contribution in [-0.2, 0) is 0 Å². The van der Waals surface area contributed by atoms with E-state index >= 15 is 0 Å². The maximum absolute atomic E-state index is 2.42. The van der Waals surface area contributed by atoms with Crippen LogP contribution in [0.2, 0.25) is 0 Å². The largest absolute Gasteiger partial charge is 0.309 e. The van der Waals surface area contributed by atoms with Gasteiger partial charge in [-0.1, -0.05) is 66.7 Å². The number of hydrogen-bond acceptors (Lipinski definition) is 1. The first kappa shape index (κ1) is 18.3. The van der Waals surface area contributed by atoms with Gasteiger partial charge in [-0.05, 0) is 70.4 Å². The molecule has 2 heterocycles. The van der Waals surface area contributed by atoms with E-state index in [0.29, 0.717) is 0 Å². The number of para-hydroxylation sites is 1. The molecule has 0 fully saturated rings. The van der Waals surface area contributed by atoms with E-state index < -0.39 is 0 Å². The summed E-state index contributed by atoms with van der Waals surface area (Å²) >= 11 is 1.87. The van der Waals surface area contributed by atoms with E-state index in [2.05, 4.69) is 120 Å². The van der Waals surface area contributed by atoms with Gasteiger partial charge in [0.05, 0.1) is 11.0 Å². The van der Waals surface area contributed by atoms with Crippen molar-refractivity contribution in [1.29, 1.82) is 0 Å². The zero-order chi connectivity index (χ0) is 22.2. The molecule has 6 aromatic carbocycles. The molecule has 0 aliphatic rings. The van der Waals surface area contributed by atoms with Gasteiger partial charge in [-0.2, -0.15) is 0 Å². The van der Waals surface area contributed by atoms with Crippen molar-refractivity contribution < 1.29 is 0 Å². The summed E-state index contributed by atoms with van der Waals surface area (Å²) in [6.45, 7) is 0. The molecule has 8 aromatic rings. The average molecular weight is 450 g/mol. The van der Waals surface area contributed by atoms with Crippen LogP contribution in [0, 0.1) is 0 Å². The summed E-state index contributed by atoms with van der Waals surface area (Å²) in [6.07, 6.45) is 0. The summed E-state index contributed by atoms with van der Waals surface area (Å²) < 4.78 is 5.11. The van der Waals surface area contributed by atoms with Gasteiger partial charge < -0.3 is 4.57 Å². The second-order valence-electron chi connectivity index (χ2n) is 9.01. The molecule has 0 saturated heterocycles. The lowest BCUT2D eigenvalue weighted by Gasteiger charge is -2.10. The highest BCUT2D eigenvalue weighted by molar-refractivity contribution is 7.25. The van der Waals surface area contributed by atoms with Gasteiger partial charge in [-0.15, -0.1) is 11.3 Å². The SMILES string of the molecule is c1ccc(-n2c3cccc4ccc5cc(-c6ccc7sc8ccccc8c7c6)cc2c5c43)cc1. The van der Waals surface area contributed by atoms with E-state index in [4.69, 9.17) is 0 Å². The second kappa shape index (κ2) is 6.69. The lowest BCUT2D eigenvalue weighted by Crippen LogP contribution is -1.93. The Morgan fingerprint density at radius 1 is 0.471 bits per heavy atom. The van der Waals surface area contributed by atoms with Crippen LogP contribution < -0.4 is 0 Å². The molecule has 0 aliphatic heterocycles. The smallest absolute Gasteiger partial charge is 0.0553 e. The van der Waals surface area contributed by atoms with Crippen LogP contribution in [0.25, 0.3) is 69.6 Å². The third-order valence-electron chi connectivity index (χ3n) is 7.12. The lowest BCUT2D eigenvalue weighted by molar-refractivity contribution is 1.18. The Morgan fingerprint density at radius 2 is 1.26 bits per heavy atom. The molecule has 2 heteroatoms. The zero-order valence-electron chi connectivity index (χ0n) is 18.3. The fourth-order valence-electron chi connectivity index (χ4n) is 5.62. The molecule has 1 nitrogen and oxygen atoms in total. The molecule has 0 radical (unpaired) electrons. The van der Waals surface area contributed by atoms with Crippen molar-refractivity contribution in [2.45, 2.75) is 0 Å². The van der Waals surface area contributed by atoms with Gasteiger partial charge in [0.15, 0.2) is 0 Å². The molecule has 34 heavy (non-hydrogen) atoms. The van der Waals surface area contributed by atoms with E-state index in [1.165, 1.54) is 69.6 Å². The van der Waals surface area contributed by atoms with Crippen LogP contribution in [0.4, 0.5) is 0 Å². The Hall–Kier alpha value is -4.14. The highest BCUT2D eigenvalue weighted by atomic mass is 32.1. The number of thiophene rings is 1. The van der Waals surface area contributed by atoms with Gasteiger partial charge in [-0.25, -0.2) is 0 Å². The van der Waals surface area contributed by atoms with Crippen molar-refractivity contribution in [3.63, 3.8) is 0 Å². The fourth-order valence-corrected chi connectivity index (χ4v) is 6.71. The summed E-state index contributed by atoms with van der Waals surface area (Å²) in [5.41, 5.74) is 6.25. The van der Waals surface area contributed by atoms with Crippen molar-refractivity contribution in [2.75, 3.05) is 0 Å². The molecular weight excluding hydrogens is 430 g/mol. The van der Waals surface area contributed by atoms with Crippen LogP contribution in [0.15, 0.2) is 115 Å². The lowest BCUT2D eigenvalue weighted by atomic mass is 9.96. The van der Waals surface area contributed by atoms with Crippen LogP contribution in [0.5, 0.6) is 0 Å². The van der Waals surface area contributed by atoms with E-state index in [1.54, 1.807) is 0 Å². The van der Waals surface area contributed by atoms with Crippen molar-refractivity contribution >= 4 is 64.1 Å². The standard InChI is InChI=1S/C32H19NS/c1-2-8-24(9-3-1)33-27-11-6-7-20-13-14-22-17-23(19-28(33)32(22)31(20)27)21-15-16-30-26(18-21)25-10-4-5-12-29(25)34-30/h1-19H. The number of benzene rings is 6. The molecule has 8 rings (SSSR count). The Morgan fingerprint density at radius 3 is 2.21 bits per heavy atom. The molecule has 0 amide bonds. The van der Waals surface area contributed by atoms with E-state index in [0.717, 1.165) is 0 Å². The molecule has 0 atom stereocenters. The van der Waals surface area contributed by atoms with Gasteiger partial charge in [0, 0.05) is 36.6 Å². The minimum Gasteiger partial charge on any atom is -0.309 e. The third-order valence-corrected chi connectivity index (χ3v) is 8.27. The Kier molecular flexibility index (Phi) is 3.60. The minimum absolute atomic E-state index is 1.20. The maximum atomic E-state index is 2.42. The molecule has 0 unspecified atom stereocenters. The maximum Gasteiger partial charge on any atom is 0.0553 e. The number of hydrogen-bond donors (Lipinski definition) is 0. The zero-order valence-corrected chi connectivity index (χ0v) is 19.1. The van der Waals surface area contributed by atoms with Crippen LogP contribution in [0.3, 0.4) is 0 Å². The molecule has 0 aliphatic carbocycles. The summed E-state index contributed by atoms with van der Waals surface area (Å²) in [7, 11) is 0. The van der Waals surface area contributed by atoms with Gasteiger partial charge in [0.25, 0.3) is 0 Å². The van der Waals surface area contributed by atoms with Gasteiger partial charge in [0.1, 0.15) is 0 Å². The minimum atomic E-state index is 1.20. The van der Waals surface area contributed by atoms with Gasteiger partial charge in [0.2, 0.25) is 0 Å². The van der Waals surface area contributed by atoms with Gasteiger partial charge in [-0.3, -0.25) is 0 Å². The third kappa shape index (κ3) is 2.43. The Labute approximate surface area is 200 Å². The average Bonchev–Trinajstić information content (AvgIpc) is 3.44. The Bertz CT molecular complexity index is 2010. The first-order valence-corrected chi connectivity index (χ1v) is 12.4. The van der Waals surface area contributed by atoms with Crippen LogP contribution in [0.1, 0.15) is 0 Å². The predicted octanol–water partition coefficient (Wildman–Crippen LogP) is 9.41. The molecule has 0 N–H and O–H groups in total. The van der Waals surface area contributed by atoms with Crippen LogP contribution in [-0.4, -0.2) is 4.57 Å². The van der Waals surface area contributed by atoms with Crippen molar-refractivity contribution in [2.24, 2.45) is 0 Å². The second-order valence-corrected chi connectivity index (χ2v) is 10.1. The van der Waals surface area contributed by atoms with Crippen molar-refractivity contribution in [1.82, 2.24) is 4.57 Å². The van der Waals surface area contributed by atoms with Crippen LogP contribution >= 0.6 is 11.3 Å². The molecule has 0 spiro atoms. The number of nitrogens with zero attached hydrogens (tertiary/aromatic N) is 1. The molecule has 2 aromatic heterocycles. The topological polar surface area (TPSA) is 4.93 Å². The predicted molar refractivity (Wildman–Crippen MR) is 148 cm³/mol. The fraction of sp³-hybridized carbons (Fsp3) is 0. The number of rotatable bonds is 2. The van der Waals surface area contributed by atoms with Crippen molar-refractivity contribution in [3.05, 3.63) is 115 Å². The monoisotopic (exact) mass is 449 g/mol.